The highest BCUT2D eigenvalue weighted by Gasteiger charge is 2.30. The number of benzene rings is 1. The van der Waals surface area contributed by atoms with Crippen LogP contribution in [0.3, 0.4) is 0 Å². The molecule has 3 rings (SSSR count). The van der Waals surface area contributed by atoms with Gasteiger partial charge in [0, 0.05) is 12.5 Å². The zero-order chi connectivity index (χ0) is 21.6. The maximum Gasteiger partial charge on any atom is 0.267 e. The van der Waals surface area contributed by atoms with Crippen molar-refractivity contribution in [1.29, 1.82) is 0 Å². The van der Waals surface area contributed by atoms with E-state index < -0.39 is 10.0 Å². The Hall–Kier alpha value is -2.78. The predicted molar refractivity (Wildman–Crippen MR) is 114 cm³/mol. The molecule has 0 saturated heterocycles. The smallest absolute Gasteiger partial charge is 0.267 e. The number of rotatable bonds is 8. The Labute approximate surface area is 179 Å². The van der Waals surface area contributed by atoms with Crippen LogP contribution in [0.5, 0.6) is 0 Å². The molecule has 0 unspecified atom stereocenters. The maximum atomic E-state index is 13.3. The van der Waals surface area contributed by atoms with Crippen LogP contribution in [0.25, 0.3) is 0 Å². The Morgan fingerprint density at radius 3 is 2.53 bits per heavy atom. The van der Waals surface area contributed by atoms with Gasteiger partial charge in [0.25, 0.3) is 10.0 Å². The van der Waals surface area contributed by atoms with E-state index in [1.165, 1.54) is 50.0 Å². The summed E-state index contributed by atoms with van der Waals surface area (Å²) in [7, 11) is -3.98. The first-order chi connectivity index (χ1) is 14.4. The minimum Gasteiger partial charge on any atom is -0.464 e. The fourth-order valence-corrected chi connectivity index (χ4v) is 4.71. The van der Waals surface area contributed by atoms with Crippen molar-refractivity contribution >= 4 is 32.7 Å². The Morgan fingerprint density at radius 2 is 1.93 bits per heavy atom. The normalized spacial score (nSPS) is 15.5. The van der Waals surface area contributed by atoms with E-state index in [-0.39, 0.29) is 34.0 Å². The second-order valence-corrected chi connectivity index (χ2v) is 9.53. The average Bonchev–Trinajstić information content (AvgIpc) is 2.77. The van der Waals surface area contributed by atoms with E-state index in [1.54, 1.807) is 0 Å². The van der Waals surface area contributed by atoms with Crippen molar-refractivity contribution in [3.8, 4) is 0 Å². The summed E-state index contributed by atoms with van der Waals surface area (Å²) >= 11 is 0.916. The lowest BCUT2D eigenvalue weighted by atomic mass is 10.1. The van der Waals surface area contributed by atoms with E-state index >= 15 is 0 Å². The molecule has 9 heteroatoms. The summed E-state index contributed by atoms with van der Waals surface area (Å²) in [6, 6.07) is 5.65. The van der Waals surface area contributed by atoms with Gasteiger partial charge in [-0.2, -0.15) is 0 Å². The van der Waals surface area contributed by atoms with E-state index in [2.05, 4.69) is 0 Å². The fraction of sp³-hybridized carbons (Fsp3) is 0.238. The van der Waals surface area contributed by atoms with Gasteiger partial charge in [-0.25, -0.2) is 12.7 Å². The summed E-state index contributed by atoms with van der Waals surface area (Å²) in [4.78, 5) is 23.2. The van der Waals surface area contributed by atoms with Crippen LogP contribution in [0.15, 0.2) is 77.6 Å². The fourth-order valence-electron chi connectivity index (χ4n) is 2.81. The number of hydrogen-bond acceptors (Lipinski definition) is 7. The summed E-state index contributed by atoms with van der Waals surface area (Å²) < 4.78 is 38.3. The van der Waals surface area contributed by atoms with Crippen molar-refractivity contribution in [2.45, 2.75) is 24.7 Å². The van der Waals surface area contributed by atoms with Crippen LogP contribution in [-0.4, -0.2) is 35.9 Å². The minimum absolute atomic E-state index is 0.0135. The molecule has 0 bridgehead atoms. The van der Waals surface area contributed by atoms with Crippen molar-refractivity contribution in [3.05, 3.63) is 78.3 Å². The van der Waals surface area contributed by atoms with Crippen LogP contribution in [0, 0.1) is 0 Å². The number of ether oxygens (including phenoxy) is 2. The summed E-state index contributed by atoms with van der Waals surface area (Å²) in [5.74, 6) is -0.183. The molecule has 0 amide bonds. The molecule has 0 radical (unpaired) electrons. The van der Waals surface area contributed by atoms with Gasteiger partial charge in [0.05, 0.1) is 17.2 Å². The molecule has 0 saturated carbocycles. The highest BCUT2D eigenvalue weighted by atomic mass is 32.2. The van der Waals surface area contributed by atoms with E-state index in [0.29, 0.717) is 5.56 Å². The van der Waals surface area contributed by atoms with Crippen LogP contribution < -0.4 is 0 Å². The van der Waals surface area contributed by atoms with Crippen LogP contribution in [-0.2, 0) is 24.3 Å². The third-order valence-electron chi connectivity index (χ3n) is 4.36. The van der Waals surface area contributed by atoms with Gasteiger partial charge in [-0.1, -0.05) is 42.1 Å². The molecule has 30 heavy (non-hydrogen) atoms. The lowest BCUT2D eigenvalue weighted by Gasteiger charge is -2.27. The molecule has 0 aromatic heterocycles. The summed E-state index contributed by atoms with van der Waals surface area (Å²) in [6.45, 7) is 1.51. The molecule has 0 atom stereocenters. The zero-order valence-electron chi connectivity index (χ0n) is 16.3. The van der Waals surface area contributed by atoms with Crippen LogP contribution in [0.4, 0.5) is 0 Å². The van der Waals surface area contributed by atoms with Gasteiger partial charge >= 0.3 is 0 Å². The van der Waals surface area contributed by atoms with Crippen LogP contribution in [0.1, 0.15) is 30.1 Å². The molecule has 158 valence electrons. The van der Waals surface area contributed by atoms with Gasteiger partial charge in [0.15, 0.2) is 17.2 Å². The minimum atomic E-state index is -3.98. The highest BCUT2D eigenvalue weighted by molar-refractivity contribution is 8.14. The van der Waals surface area contributed by atoms with Crippen LogP contribution >= 0.6 is 11.8 Å². The van der Waals surface area contributed by atoms with Gasteiger partial charge < -0.3 is 9.47 Å². The van der Waals surface area contributed by atoms with Crippen molar-refractivity contribution in [2.75, 3.05) is 12.3 Å². The molecule has 1 aromatic rings. The first-order valence-corrected chi connectivity index (χ1v) is 11.6. The summed E-state index contributed by atoms with van der Waals surface area (Å²) in [6.07, 6.45) is 11.2. The van der Waals surface area contributed by atoms with E-state index in [1.807, 2.05) is 18.2 Å². The molecule has 1 aliphatic heterocycles. The Balaban J connectivity index is 1.85. The number of carbonyl (C=O) groups excluding carboxylic acids is 2. The largest absolute Gasteiger partial charge is 0.464 e. The molecule has 0 spiro atoms. The van der Waals surface area contributed by atoms with E-state index in [0.717, 1.165) is 34.5 Å². The standard InChI is InChI=1S/C21H21NO6S2/c1-16(23)29-15-20(24)18-7-9-19(10-8-18)30(25,26)22(21-14-27-11-12-28-21)13-17-5-3-2-4-6-17/h2-3,5,7-12,14H,4,6,13,15H2,1H3. The van der Waals surface area contributed by atoms with E-state index in [9.17, 15) is 18.0 Å². The number of nitrogens with zero attached hydrogens (tertiary/aromatic N) is 1. The van der Waals surface area contributed by atoms with E-state index in [4.69, 9.17) is 9.47 Å². The number of ketones is 1. The Bertz CT molecular complexity index is 1040. The topological polar surface area (TPSA) is 90.0 Å². The average molecular weight is 448 g/mol. The molecule has 0 fully saturated rings. The Morgan fingerprint density at radius 1 is 1.17 bits per heavy atom. The molecule has 1 aliphatic carbocycles. The van der Waals surface area contributed by atoms with Crippen molar-refractivity contribution in [1.82, 2.24) is 4.31 Å². The molecule has 2 aliphatic rings. The quantitative estimate of drug-likeness (QED) is 0.561. The monoisotopic (exact) mass is 447 g/mol. The SMILES string of the molecule is CC(=O)SCC(=O)c1ccc(S(=O)(=O)N(CC2=CC=CCC2)C2=COC=CO2)cc1. The lowest BCUT2D eigenvalue weighted by Crippen LogP contribution is -2.33. The van der Waals surface area contributed by atoms with Crippen molar-refractivity contribution < 1.29 is 27.5 Å². The summed E-state index contributed by atoms with van der Waals surface area (Å²) in [5, 5.41) is -0.151. The third kappa shape index (κ3) is 5.43. The number of sulfonamides is 1. The highest BCUT2D eigenvalue weighted by Crippen LogP contribution is 2.26. The molecule has 1 heterocycles. The first kappa shape index (κ1) is 21.9. The molecular weight excluding hydrogens is 426 g/mol. The van der Waals surface area contributed by atoms with Gasteiger partial charge in [-0.15, -0.1) is 0 Å². The van der Waals surface area contributed by atoms with Gasteiger partial charge in [0.2, 0.25) is 5.88 Å². The van der Waals surface area contributed by atoms with Gasteiger partial charge in [-0.05, 0) is 30.5 Å². The second kappa shape index (κ2) is 9.82. The molecule has 1 aromatic carbocycles. The van der Waals surface area contributed by atoms with Crippen LogP contribution in [0.2, 0.25) is 0 Å². The number of thioether (sulfide) groups is 1. The first-order valence-electron chi connectivity index (χ1n) is 9.19. The zero-order valence-corrected chi connectivity index (χ0v) is 17.9. The second-order valence-electron chi connectivity index (χ2n) is 6.51. The number of Topliss-reactive ketones (excluding diaryl/α,β-unsaturated/α-hetero) is 1. The number of allylic oxidation sites excluding steroid dienone is 3. The lowest BCUT2D eigenvalue weighted by molar-refractivity contribution is -0.109. The molecule has 7 nitrogen and oxygen atoms in total. The number of carbonyl (C=O) groups is 2. The van der Waals surface area contributed by atoms with Crippen molar-refractivity contribution in [2.24, 2.45) is 0 Å². The van der Waals surface area contributed by atoms with Gasteiger partial charge in [-0.3, -0.25) is 9.59 Å². The Kier molecular flexibility index (Phi) is 7.17. The number of hydrogen-bond donors (Lipinski definition) is 0. The molecular formula is C21H21NO6S2. The third-order valence-corrected chi connectivity index (χ3v) is 6.93. The summed E-state index contributed by atoms with van der Waals surface area (Å²) in [5.41, 5.74) is 1.28. The predicted octanol–water partition coefficient (Wildman–Crippen LogP) is 3.73. The van der Waals surface area contributed by atoms with Gasteiger partial charge in [0.1, 0.15) is 12.5 Å². The molecule has 0 N–H and O–H groups in total. The maximum absolute atomic E-state index is 13.3. The van der Waals surface area contributed by atoms with Crippen molar-refractivity contribution in [3.63, 3.8) is 0 Å².